The second-order valence-electron chi connectivity index (χ2n) is 4.70. The maximum Gasteiger partial charge on any atom is 0.251 e. The van der Waals surface area contributed by atoms with E-state index in [1.807, 2.05) is 24.6 Å². The normalized spacial score (nSPS) is 10.5. The molecule has 0 spiro atoms. The van der Waals surface area contributed by atoms with Crippen molar-refractivity contribution in [3.8, 4) is 0 Å². The summed E-state index contributed by atoms with van der Waals surface area (Å²) in [6.45, 7) is 5.27. The molecule has 2 rings (SSSR count). The number of carbonyl (C=O) groups is 1. The molecule has 0 aliphatic carbocycles. The van der Waals surface area contributed by atoms with Gasteiger partial charge < -0.3 is 10.3 Å². The molecule has 0 saturated carbocycles. The molecule has 2 heterocycles. The van der Waals surface area contributed by atoms with Gasteiger partial charge in [-0.1, -0.05) is 0 Å². The molecule has 0 aliphatic rings. The molecule has 6 heteroatoms. The fraction of sp³-hybridized carbons (Fsp3) is 0.357. The van der Waals surface area contributed by atoms with E-state index in [0.29, 0.717) is 12.1 Å². The SMILES string of the molecule is Cc1cc(C)n(CCCNC(=O)c2cc[nH]c(=O)c2)n1. The molecule has 0 radical (unpaired) electrons. The number of nitrogens with zero attached hydrogens (tertiary/aromatic N) is 2. The molecule has 1 amide bonds. The molecule has 0 atom stereocenters. The van der Waals surface area contributed by atoms with Gasteiger partial charge in [-0.2, -0.15) is 5.10 Å². The predicted octanol–water partition coefficient (Wildman–Crippen LogP) is 1.01. The summed E-state index contributed by atoms with van der Waals surface area (Å²) in [6.07, 6.45) is 2.25. The monoisotopic (exact) mass is 274 g/mol. The molecule has 0 unspecified atom stereocenters. The quantitative estimate of drug-likeness (QED) is 0.798. The smallest absolute Gasteiger partial charge is 0.251 e. The molecule has 0 saturated heterocycles. The van der Waals surface area contributed by atoms with Gasteiger partial charge in [0.2, 0.25) is 5.56 Å². The number of hydrogen-bond acceptors (Lipinski definition) is 3. The van der Waals surface area contributed by atoms with Crippen LogP contribution in [-0.4, -0.2) is 27.2 Å². The van der Waals surface area contributed by atoms with E-state index in [4.69, 9.17) is 0 Å². The fourth-order valence-electron chi connectivity index (χ4n) is 2.02. The predicted molar refractivity (Wildman–Crippen MR) is 75.7 cm³/mol. The van der Waals surface area contributed by atoms with Gasteiger partial charge in [0.25, 0.3) is 5.91 Å². The Labute approximate surface area is 116 Å². The lowest BCUT2D eigenvalue weighted by atomic mass is 10.2. The molecule has 0 aromatic carbocycles. The number of nitrogens with one attached hydrogen (secondary N) is 2. The van der Waals surface area contributed by atoms with Gasteiger partial charge in [0, 0.05) is 36.6 Å². The third-order valence-electron chi connectivity index (χ3n) is 2.97. The largest absolute Gasteiger partial charge is 0.352 e. The second kappa shape index (κ2) is 6.18. The van der Waals surface area contributed by atoms with Crippen LogP contribution in [0.15, 0.2) is 29.2 Å². The number of pyridine rings is 1. The number of aryl methyl sites for hydroxylation is 3. The zero-order chi connectivity index (χ0) is 14.5. The zero-order valence-corrected chi connectivity index (χ0v) is 11.6. The van der Waals surface area contributed by atoms with Gasteiger partial charge in [-0.05, 0) is 32.4 Å². The number of carbonyl (C=O) groups excluding carboxylic acids is 1. The Morgan fingerprint density at radius 1 is 1.40 bits per heavy atom. The van der Waals surface area contributed by atoms with E-state index in [0.717, 1.165) is 24.4 Å². The number of hydrogen-bond donors (Lipinski definition) is 2. The number of aromatic nitrogens is 3. The van der Waals surface area contributed by atoms with Crippen LogP contribution in [0.4, 0.5) is 0 Å². The average molecular weight is 274 g/mol. The summed E-state index contributed by atoms with van der Waals surface area (Å²) in [5.41, 5.74) is 2.21. The highest BCUT2D eigenvalue weighted by molar-refractivity contribution is 5.93. The van der Waals surface area contributed by atoms with Crippen LogP contribution < -0.4 is 10.9 Å². The highest BCUT2D eigenvalue weighted by Gasteiger charge is 2.05. The Morgan fingerprint density at radius 3 is 2.85 bits per heavy atom. The second-order valence-corrected chi connectivity index (χ2v) is 4.70. The van der Waals surface area contributed by atoms with Crippen LogP contribution in [-0.2, 0) is 6.54 Å². The summed E-state index contributed by atoms with van der Waals surface area (Å²) in [5, 5.41) is 7.15. The van der Waals surface area contributed by atoms with E-state index in [-0.39, 0.29) is 11.5 Å². The van der Waals surface area contributed by atoms with Crippen LogP contribution in [0.25, 0.3) is 0 Å². The average Bonchev–Trinajstić information content (AvgIpc) is 2.73. The van der Waals surface area contributed by atoms with E-state index >= 15 is 0 Å². The van der Waals surface area contributed by atoms with E-state index in [1.165, 1.54) is 12.3 Å². The van der Waals surface area contributed by atoms with Gasteiger partial charge in [-0.25, -0.2) is 0 Å². The van der Waals surface area contributed by atoms with E-state index in [9.17, 15) is 9.59 Å². The first-order valence-corrected chi connectivity index (χ1v) is 6.54. The topological polar surface area (TPSA) is 79.8 Å². The zero-order valence-electron chi connectivity index (χ0n) is 11.6. The minimum Gasteiger partial charge on any atom is -0.352 e. The van der Waals surface area contributed by atoms with Crippen molar-refractivity contribution in [2.75, 3.05) is 6.54 Å². The third-order valence-corrected chi connectivity index (χ3v) is 2.97. The first-order valence-electron chi connectivity index (χ1n) is 6.54. The molecular formula is C14H18N4O2. The van der Waals surface area contributed by atoms with E-state index in [2.05, 4.69) is 15.4 Å². The van der Waals surface area contributed by atoms with Crippen molar-refractivity contribution in [1.29, 1.82) is 0 Å². The molecule has 2 N–H and O–H groups in total. The maximum absolute atomic E-state index is 11.8. The van der Waals surface area contributed by atoms with Crippen molar-refractivity contribution < 1.29 is 4.79 Å². The number of amides is 1. The molecule has 20 heavy (non-hydrogen) atoms. The minimum atomic E-state index is -0.278. The van der Waals surface area contributed by atoms with Crippen LogP contribution in [0, 0.1) is 13.8 Å². The van der Waals surface area contributed by atoms with Crippen molar-refractivity contribution in [2.24, 2.45) is 0 Å². The maximum atomic E-state index is 11.8. The van der Waals surface area contributed by atoms with E-state index in [1.54, 1.807) is 6.07 Å². The molecule has 0 bridgehead atoms. The highest BCUT2D eigenvalue weighted by atomic mass is 16.2. The molecule has 0 aliphatic heterocycles. The van der Waals surface area contributed by atoms with Gasteiger partial charge in [-0.15, -0.1) is 0 Å². The summed E-state index contributed by atoms with van der Waals surface area (Å²) >= 11 is 0. The molecule has 2 aromatic rings. The third kappa shape index (κ3) is 3.57. The Morgan fingerprint density at radius 2 is 2.20 bits per heavy atom. The summed E-state index contributed by atoms with van der Waals surface area (Å²) in [7, 11) is 0. The van der Waals surface area contributed by atoms with Gasteiger partial charge in [0.1, 0.15) is 0 Å². The number of aromatic amines is 1. The first-order chi connectivity index (χ1) is 9.56. The van der Waals surface area contributed by atoms with Crippen molar-refractivity contribution >= 4 is 5.91 Å². The first kappa shape index (κ1) is 14.0. The lowest BCUT2D eigenvalue weighted by Gasteiger charge is -2.06. The Kier molecular flexibility index (Phi) is 4.34. The lowest BCUT2D eigenvalue weighted by molar-refractivity contribution is 0.0952. The van der Waals surface area contributed by atoms with Crippen LogP contribution in [0.3, 0.4) is 0 Å². The molecule has 2 aromatic heterocycles. The summed E-state index contributed by atoms with van der Waals surface area (Å²) in [5.74, 6) is -0.232. The van der Waals surface area contributed by atoms with Crippen LogP contribution in [0.5, 0.6) is 0 Å². The Bertz CT molecular complexity index is 657. The summed E-state index contributed by atoms with van der Waals surface area (Å²) in [4.78, 5) is 25.4. The van der Waals surface area contributed by atoms with Crippen molar-refractivity contribution in [1.82, 2.24) is 20.1 Å². The lowest BCUT2D eigenvalue weighted by Crippen LogP contribution is -2.26. The van der Waals surface area contributed by atoms with Crippen LogP contribution in [0.1, 0.15) is 28.2 Å². The summed E-state index contributed by atoms with van der Waals surface area (Å²) < 4.78 is 1.93. The summed E-state index contributed by atoms with van der Waals surface area (Å²) in [6, 6.07) is 4.89. The van der Waals surface area contributed by atoms with Crippen LogP contribution >= 0.6 is 0 Å². The number of H-pyrrole nitrogens is 1. The fourth-order valence-corrected chi connectivity index (χ4v) is 2.02. The van der Waals surface area contributed by atoms with Gasteiger partial charge >= 0.3 is 0 Å². The van der Waals surface area contributed by atoms with Crippen molar-refractivity contribution in [2.45, 2.75) is 26.8 Å². The Hall–Kier alpha value is -2.37. The Balaban J connectivity index is 1.80. The van der Waals surface area contributed by atoms with Gasteiger partial charge in [0.15, 0.2) is 0 Å². The molecule has 106 valence electrons. The van der Waals surface area contributed by atoms with Gasteiger partial charge in [0.05, 0.1) is 5.69 Å². The standard InChI is InChI=1S/C14H18N4O2/c1-10-8-11(2)18(17-10)7-3-5-16-14(20)12-4-6-15-13(19)9-12/h4,6,8-9H,3,5,7H2,1-2H3,(H,15,19)(H,16,20). The number of rotatable bonds is 5. The molecule has 0 fully saturated rings. The highest BCUT2D eigenvalue weighted by Crippen LogP contribution is 2.02. The van der Waals surface area contributed by atoms with E-state index < -0.39 is 0 Å². The molecule has 6 nitrogen and oxygen atoms in total. The van der Waals surface area contributed by atoms with Crippen molar-refractivity contribution in [3.05, 3.63) is 51.7 Å². The molecular weight excluding hydrogens is 256 g/mol. The van der Waals surface area contributed by atoms with Crippen LogP contribution in [0.2, 0.25) is 0 Å². The van der Waals surface area contributed by atoms with Gasteiger partial charge in [-0.3, -0.25) is 14.3 Å². The van der Waals surface area contributed by atoms with Crippen molar-refractivity contribution in [3.63, 3.8) is 0 Å². The minimum absolute atomic E-state index is 0.232.